The fraction of sp³-hybridized carbons (Fsp3) is 0.500. The molecule has 0 aromatic heterocycles. The lowest BCUT2D eigenvalue weighted by molar-refractivity contribution is -0.164. The van der Waals surface area contributed by atoms with Gasteiger partial charge in [-0.25, -0.2) is 4.79 Å². The Labute approximate surface area is 196 Å². The molecule has 0 amide bonds. The molecule has 3 rings (SSSR count). The van der Waals surface area contributed by atoms with Crippen LogP contribution in [0.25, 0.3) is 0 Å². The first-order valence-electron chi connectivity index (χ1n) is 9.92. The number of methoxy groups -OCH3 is 2. The molecule has 1 aromatic carbocycles. The van der Waals surface area contributed by atoms with E-state index in [1.54, 1.807) is 19.1 Å². The van der Waals surface area contributed by atoms with Crippen molar-refractivity contribution in [2.24, 2.45) is 17.3 Å². The van der Waals surface area contributed by atoms with Crippen molar-refractivity contribution in [3.05, 3.63) is 50.3 Å². The van der Waals surface area contributed by atoms with E-state index in [1.807, 2.05) is 13.8 Å². The molecule has 7 nitrogen and oxygen atoms in total. The van der Waals surface area contributed by atoms with Crippen LogP contribution < -0.4 is 0 Å². The number of carbonyl (C=O) groups is 1. The second kappa shape index (κ2) is 8.84. The van der Waals surface area contributed by atoms with E-state index in [4.69, 9.17) is 13.7 Å². The second-order valence-corrected chi connectivity index (χ2v) is 10.9. The molecule has 0 saturated heterocycles. The number of hydrogen-bond acceptors (Lipinski definition) is 6. The van der Waals surface area contributed by atoms with Gasteiger partial charge in [-0.3, -0.25) is 0 Å². The molecule has 31 heavy (non-hydrogen) atoms. The smallest absolute Gasteiger partial charge is 0.338 e. The van der Waals surface area contributed by atoms with Gasteiger partial charge in [-0.1, -0.05) is 30.2 Å². The number of fused-ring (bicyclic) bond motifs is 1. The van der Waals surface area contributed by atoms with Crippen LogP contribution in [0.2, 0.25) is 0 Å². The minimum absolute atomic E-state index is 0.00495. The van der Waals surface area contributed by atoms with Gasteiger partial charge < -0.3 is 18.8 Å². The molecular formula is C22H27IO7S. The average molecular weight is 562 g/mol. The summed E-state index contributed by atoms with van der Waals surface area (Å²) in [6.07, 6.45) is 0.367. The third kappa shape index (κ3) is 4.05. The van der Waals surface area contributed by atoms with Crippen LogP contribution in [-0.2, 0) is 28.6 Å². The highest BCUT2D eigenvalue weighted by molar-refractivity contribution is 14.1. The van der Waals surface area contributed by atoms with Crippen LogP contribution in [0.5, 0.6) is 0 Å². The maximum atomic E-state index is 13.2. The standard InChI is InChI=1S/C22H27IO7S/c1-12-6-9-14(10-7-12)31(26,27)30-19-18(23)16-13(2)8-11-15(16)17(20(24)25)22(19,3)21(28-4)29-5/h6-7,9-10,13,16,21H,8,11H2,1-5H3,(H,24,25). The van der Waals surface area contributed by atoms with Crippen molar-refractivity contribution in [2.75, 3.05) is 14.2 Å². The molecule has 170 valence electrons. The molecule has 1 aromatic rings. The summed E-state index contributed by atoms with van der Waals surface area (Å²) < 4.78 is 43.7. The lowest BCUT2D eigenvalue weighted by atomic mass is 9.69. The van der Waals surface area contributed by atoms with Crippen LogP contribution in [0.1, 0.15) is 32.3 Å². The van der Waals surface area contributed by atoms with E-state index < -0.39 is 27.8 Å². The van der Waals surface area contributed by atoms with E-state index in [1.165, 1.54) is 26.4 Å². The fourth-order valence-electron chi connectivity index (χ4n) is 4.71. The first-order valence-corrected chi connectivity index (χ1v) is 12.4. The van der Waals surface area contributed by atoms with Gasteiger partial charge in [-0.15, -0.1) is 0 Å². The number of hydrogen-bond donors (Lipinski definition) is 1. The van der Waals surface area contributed by atoms with Gasteiger partial charge in [0.15, 0.2) is 6.29 Å². The summed E-state index contributed by atoms with van der Waals surface area (Å²) >= 11 is 2.09. The number of carboxylic acid groups (broad SMARTS) is 1. The topological polar surface area (TPSA) is 99.1 Å². The Morgan fingerprint density at radius 1 is 1.23 bits per heavy atom. The van der Waals surface area contributed by atoms with Crippen molar-refractivity contribution in [2.45, 2.75) is 44.8 Å². The molecule has 9 heteroatoms. The third-order valence-electron chi connectivity index (χ3n) is 6.23. The average Bonchev–Trinajstić information content (AvgIpc) is 3.07. The number of allylic oxidation sites excluding steroid dienone is 2. The summed E-state index contributed by atoms with van der Waals surface area (Å²) in [4.78, 5) is 12.5. The van der Waals surface area contributed by atoms with Gasteiger partial charge in [-0.05, 0) is 67.3 Å². The van der Waals surface area contributed by atoms with Gasteiger partial charge in [0.1, 0.15) is 16.1 Å². The summed E-state index contributed by atoms with van der Waals surface area (Å²) in [5, 5.41) is 10.2. The van der Waals surface area contributed by atoms with Crippen molar-refractivity contribution in [1.82, 2.24) is 0 Å². The summed E-state index contributed by atoms with van der Waals surface area (Å²) in [7, 11) is -1.43. The second-order valence-electron chi connectivity index (χ2n) is 8.23. The zero-order valence-corrected chi connectivity index (χ0v) is 21.1. The van der Waals surface area contributed by atoms with E-state index in [0.717, 1.165) is 17.6 Å². The Bertz CT molecular complexity index is 1040. The molecule has 2 aliphatic rings. The van der Waals surface area contributed by atoms with Crippen molar-refractivity contribution < 1.29 is 32.0 Å². The monoisotopic (exact) mass is 562 g/mol. The van der Waals surface area contributed by atoms with Crippen molar-refractivity contribution in [3.63, 3.8) is 0 Å². The summed E-state index contributed by atoms with van der Waals surface area (Å²) in [5.41, 5.74) is 0.324. The van der Waals surface area contributed by atoms with Gasteiger partial charge in [-0.2, -0.15) is 8.42 Å². The van der Waals surface area contributed by atoms with Gasteiger partial charge in [0.05, 0.1) is 5.57 Å². The van der Waals surface area contributed by atoms with E-state index in [9.17, 15) is 18.3 Å². The zero-order chi connectivity index (χ0) is 23.1. The molecule has 1 saturated carbocycles. The minimum Gasteiger partial charge on any atom is -0.478 e. The number of halogens is 1. The molecule has 1 fully saturated rings. The van der Waals surface area contributed by atoms with Crippen LogP contribution in [0, 0.1) is 24.2 Å². The molecule has 2 aliphatic carbocycles. The summed E-state index contributed by atoms with van der Waals surface area (Å²) in [6, 6.07) is 6.31. The molecule has 0 heterocycles. The number of aryl methyl sites for hydroxylation is 1. The first kappa shape index (κ1) is 24.2. The highest BCUT2D eigenvalue weighted by Crippen LogP contribution is 2.58. The number of rotatable bonds is 7. The first-order chi connectivity index (χ1) is 14.5. The molecule has 3 atom stereocenters. The maximum Gasteiger partial charge on any atom is 0.338 e. The molecular weight excluding hydrogens is 535 g/mol. The number of aliphatic carboxylic acids is 1. The predicted molar refractivity (Wildman–Crippen MR) is 123 cm³/mol. The number of ether oxygens (including phenoxy) is 2. The van der Waals surface area contributed by atoms with Crippen molar-refractivity contribution in [1.29, 1.82) is 0 Å². The SMILES string of the molecule is COC(OC)C1(C)C(OS(=O)(=O)c2ccc(C)cc2)=C(I)C2C(=C1C(=O)O)CCC2C. The van der Waals surface area contributed by atoms with E-state index >= 15 is 0 Å². The predicted octanol–water partition coefficient (Wildman–Crippen LogP) is 4.41. The largest absolute Gasteiger partial charge is 0.478 e. The van der Waals surface area contributed by atoms with E-state index in [0.29, 0.717) is 10.0 Å². The van der Waals surface area contributed by atoms with Gasteiger partial charge in [0.25, 0.3) is 0 Å². The Hall–Kier alpha value is -1.43. The van der Waals surface area contributed by atoms with E-state index in [-0.39, 0.29) is 28.1 Å². The Kier molecular flexibility index (Phi) is 6.90. The molecule has 0 bridgehead atoms. The van der Waals surface area contributed by atoms with Crippen LogP contribution in [-0.4, -0.2) is 40.0 Å². The lowest BCUT2D eigenvalue weighted by Crippen LogP contribution is -2.46. The molecule has 3 unspecified atom stereocenters. The quantitative estimate of drug-likeness (QED) is 0.299. The van der Waals surface area contributed by atoms with Crippen LogP contribution in [0.3, 0.4) is 0 Å². The van der Waals surface area contributed by atoms with Crippen LogP contribution >= 0.6 is 22.6 Å². The van der Waals surface area contributed by atoms with Crippen LogP contribution in [0.4, 0.5) is 0 Å². The normalized spacial score (nSPS) is 26.4. The third-order valence-corrected chi connectivity index (χ3v) is 8.63. The summed E-state index contributed by atoms with van der Waals surface area (Å²) in [6.45, 7) is 5.50. The number of benzene rings is 1. The number of carboxylic acids is 1. The lowest BCUT2D eigenvalue weighted by Gasteiger charge is -2.43. The molecule has 0 spiro atoms. The Balaban J connectivity index is 2.24. The Morgan fingerprint density at radius 2 is 1.81 bits per heavy atom. The highest BCUT2D eigenvalue weighted by atomic mass is 127. The van der Waals surface area contributed by atoms with Gasteiger partial charge >= 0.3 is 16.1 Å². The van der Waals surface area contributed by atoms with Gasteiger partial charge in [0.2, 0.25) is 0 Å². The molecule has 1 N–H and O–H groups in total. The molecule has 0 aliphatic heterocycles. The van der Waals surface area contributed by atoms with Crippen LogP contribution in [0.15, 0.2) is 49.6 Å². The highest BCUT2D eigenvalue weighted by Gasteiger charge is 2.56. The van der Waals surface area contributed by atoms with E-state index in [2.05, 4.69) is 22.6 Å². The summed E-state index contributed by atoms with van der Waals surface area (Å²) in [5.74, 6) is -1.14. The maximum absolute atomic E-state index is 13.2. The Morgan fingerprint density at radius 3 is 2.32 bits per heavy atom. The minimum atomic E-state index is -4.22. The van der Waals surface area contributed by atoms with Crippen molar-refractivity contribution >= 4 is 38.7 Å². The van der Waals surface area contributed by atoms with Gasteiger partial charge in [0, 0.05) is 23.7 Å². The van der Waals surface area contributed by atoms with Crippen molar-refractivity contribution in [3.8, 4) is 0 Å². The molecule has 0 radical (unpaired) electrons. The fourth-order valence-corrected chi connectivity index (χ4v) is 7.57. The zero-order valence-electron chi connectivity index (χ0n) is 18.1.